The van der Waals surface area contributed by atoms with Gasteiger partial charge in [-0.25, -0.2) is 0 Å². The second kappa shape index (κ2) is 16.4. The summed E-state index contributed by atoms with van der Waals surface area (Å²) in [6.07, 6.45) is 4.41. The first-order valence-corrected chi connectivity index (χ1v) is 24.5. The molecule has 0 atom stereocenters. The van der Waals surface area contributed by atoms with Crippen LogP contribution in [0.2, 0.25) is 0 Å². The monoisotopic (exact) mass is 887 g/mol. The molecule has 0 amide bonds. The molecule has 8 aromatic carbocycles. The number of aromatic nitrogens is 2. The summed E-state index contributed by atoms with van der Waals surface area (Å²) in [5.41, 5.74) is 20.2. The van der Waals surface area contributed by atoms with Crippen molar-refractivity contribution < 1.29 is 0 Å². The fraction of sp³-hybridized carbons (Fsp3) is 0.242. The van der Waals surface area contributed by atoms with Crippen LogP contribution >= 0.6 is 0 Å². The largest absolute Gasteiger partial charge is 0.309 e. The van der Waals surface area contributed by atoms with E-state index in [-0.39, 0.29) is 21.7 Å². The molecule has 2 aromatic heterocycles. The minimum Gasteiger partial charge on any atom is -0.309 e. The Labute approximate surface area is 404 Å². The van der Waals surface area contributed by atoms with Crippen molar-refractivity contribution in [3.8, 4) is 33.6 Å². The van der Waals surface area contributed by atoms with Crippen molar-refractivity contribution in [2.24, 2.45) is 0 Å². The van der Waals surface area contributed by atoms with E-state index in [1.54, 1.807) is 0 Å². The van der Waals surface area contributed by atoms with Crippen LogP contribution in [0.1, 0.15) is 116 Å². The van der Waals surface area contributed by atoms with E-state index in [0.29, 0.717) is 0 Å². The van der Waals surface area contributed by atoms with Crippen LogP contribution in [-0.2, 0) is 21.7 Å². The van der Waals surface area contributed by atoms with Crippen molar-refractivity contribution in [1.82, 2.24) is 9.13 Å². The van der Waals surface area contributed by atoms with Gasteiger partial charge in [0.15, 0.2) is 0 Å². The van der Waals surface area contributed by atoms with E-state index in [0.717, 1.165) is 0 Å². The number of hydrogen-bond acceptors (Lipinski definition) is 0. The van der Waals surface area contributed by atoms with Gasteiger partial charge < -0.3 is 9.13 Å². The maximum Gasteiger partial charge on any atom is 0.0541 e. The molecule has 0 radical (unpaired) electrons. The SMILES string of the molecule is CC(C)(C)c1ccc2c(c1)c1cc(C(C)(C)C)ccc1n2-c1ccc(-c2ccc(/C=C/c3ccc(-c4ccc(-n5c6ccc(C(C)(C)C)cc6c6cc(C(C)(C)C)ccc65)cc4)cc3)cc2)cc1. The quantitative estimate of drug-likeness (QED) is 0.147. The van der Waals surface area contributed by atoms with Crippen LogP contribution < -0.4 is 0 Å². The zero-order valence-corrected chi connectivity index (χ0v) is 42.2. The molecular weight excluding hydrogens is 821 g/mol. The van der Waals surface area contributed by atoms with E-state index in [1.165, 1.54) is 111 Å². The number of hydrogen-bond donors (Lipinski definition) is 0. The van der Waals surface area contributed by atoms with Gasteiger partial charge in [0.1, 0.15) is 0 Å². The lowest BCUT2D eigenvalue weighted by molar-refractivity contribution is 0.590. The molecule has 0 spiro atoms. The van der Waals surface area contributed by atoms with Crippen LogP contribution in [-0.4, -0.2) is 9.13 Å². The molecule has 0 fully saturated rings. The Morgan fingerprint density at radius 2 is 0.485 bits per heavy atom. The molecule has 0 saturated heterocycles. The van der Waals surface area contributed by atoms with Crippen molar-refractivity contribution >= 4 is 55.8 Å². The van der Waals surface area contributed by atoms with Gasteiger partial charge in [-0.15, -0.1) is 0 Å². The Morgan fingerprint density at radius 1 is 0.265 bits per heavy atom. The number of benzene rings is 8. The third-order valence-electron chi connectivity index (χ3n) is 14.2. The van der Waals surface area contributed by atoms with Crippen LogP contribution in [0.25, 0.3) is 89.4 Å². The van der Waals surface area contributed by atoms with Gasteiger partial charge >= 0.3 is 0 Å². The van der Waals surface area contributed by atoms with Crippen molar-refractivity contribution in [1.29, 1.82) is 0 Å². The number of rotatable bonds is 6. The first-order valence-electron chi connectivity index (χ1n) is 24.5. The summed E-state index contributed by atoms with van der Waals surface area (Å²) in [5.74, 6) is 0. The van der Waals surface area contributed by atoms with Gasteiger partial charge in [0.2, 0.25) is 0 Å². The van der Waals surface area contributed by atoms with Gasteiger partial charge in [-0.1, -0.05) is 192 Å². The standard InChI is InChI=1S/C66H66N2/c1-63(2,3)49-27-35-59-55(39-49)56-40-50(64(4,5)6)28-36-60(56)67(59)53-31-23-47(24-32-53)45-19-15-43(16-20-45)13-14-44-17-21-46(22-18-44)48-25-33-54(34-26-48)68-61-37-29-51(65(7,8)9)41-57(61)58-42-52(66(10,11)12)30-38-62(58)68/h13-42H,1-12H3/b14-13+. The van der Waals surface area contributed by atoms with Gasteiger partial charge in [0.25, 0.3) is 0 Å². The Kier molecular flexibility index (Phi) is 10.8. The van der Waals surface area contributed by atoms with E-state index >= 15 is 0 Å². The Bertz CT molecular complexity index is 3140. The lowest BCUT2D eigenvalue weighted by Gasteiger charge is -2.19. The molecule has 2 heteroatoms. The molecule has 10 aromatic rings. The summed E-state index contributed by atoms with van der Waals surface area (Å²) < 4.78 is 4.86. The highest BCUT2D eigenvalue weighted by Crippen LogP contribution is 2.40. The van der Waals surface area contributed by atoms with Gasteiger partial charge in [0.05, 0.1) is 22.1 Å². The molecule has 2 nitrogen and oxygen atoms in total. The third kappa shape index (κ3) is 8.40. The van der Waals surface area contributed by atoms with Crippen LogP contribution in [0.4, 0.5) is 0 Å². The van der Waals surface area contributed by atoms with Crippen molar-refractivity contribution in [3.05, 3.63) is 203 Å². The topological polar surface area (TPSA) is 9.86 Å². The van der Waals surface area contributed by atoms with Crippen molar-refractivity contribution in [2.45, 2.75) is 105 Å². The Balaban J connectivity index is 0.859. The summed E-state index contributed by atoms with van der Waals surface area (Å²) in [4.78, 5) is 0. The van der Waals surface area contributed by atoms with E-state index in [9.17, 15) is 0 Å². The molecule has 340 valence electrons. The minimum absolute atomic E-state index is 0.0741. The molecule has 0 bridgehead atoms. The fourth-order valence-electron chi connectivity index (χ4n) is 9.84. The first kappa shape index (κ1) is 44.9. The molecule has 0 N–H and O–H groups in total. The molecule has 0 aliphatic heterocycles. The molecular formula is C66H66N2. The molecule has 0 unspecified atom stereocenters. The molecule has 0 aliphatic carbocycles. The normalized spacial score (nSPS) is 12.9. The predicted molar refractivity (Wildman–Crippen MR) is 296 cm³/mol. The average molecular weight is 887 g/mol. The summed E-state index contributed by atoms with van der Waals surface area (Å²) in [5, 5.41) is 5.25. The lowest BCUT2D eigenvalue weighted by atomic mass is 9.85. The smallest absolute Gasteiger partial charge is 0.0541 e. The number of fused-ring (bicyclic) bond motifs is 6. The molecule has 0 saturated carbocycles. The molecule has 68 heavy (non-hydrogen) atoms. The Morgan fingerprint density at radius 3 is 0.706 bits per heavy atom. The molecule has 10 rings (SSSR count). The summed E-state index contributed by atoms with van der Waals surface area (Å²) >= 11 is 0. The van der Waals surface area contributed by atoms with Crippen LogP contribution in [0, 0.1) is 0 Å². The zero-order chi connectivity index (χ0) is 47.9. The van der Waals surface area contributed by atoms with Crippen molar-refractivity contribution in [2.75, 3.05) is 0 Å². The van der Waals surface area contributed by atoms with Gasteiger partial charge in [-0.2, -0.15) is 0 Å². The Hall–Kier alpha value is -6.90. The maximum absolute atomic E-state index is 2.43. The lowest BCUT2D eigenvalue weighted by Crippen LogP contribution is -2.10. The van der Waals surface area contributed by atoms with Gasteiger partial charge in [-0.3, -0.25) is 0 Å². The number of nitrogens with zero attached hydrogens (tertiary/aromatic N) is 2. The van der Waals surface area contributed by atoms with Crippen LogP contribution in [0.3, 0.4) is 0 Å². The van der Waals surface area contributed by atoms with E-state index < -0.39 is 0 Å². The predicted octanol–water partition coefficient (Wildman–Crippen LogP) is 18.6. The fourth-order valence-corrected chi connectivity index (χ4v) is 9.84. The van der Waals surface area contributed by atoms with E-state index in [4.69, 9.17) is 0 Å². The maximum atomic E-state index is 2.43. The molecule has 2 heterocycles. The third-order valence-corrected chi connectivity index (χ3v) is 14.2. The highest BCUT2D eigenvalue weighted by Gasteiger charge is 2.23. The first-order chi connectivity index (χ1) is 32.2. The second-order valence-electron chi connectivity index (χ2n) is 23.3. The van der Waals surface area contributed by atoms with E-state index in [1.807, 2.05) is 0 Å². The van der Waals surface area contributed by atoms with Gasteiger partial charge in [-0.05, 0) is 150 Å². The van der Waals surface area contributed by atoms with Crippen molar-refractivity contribution in [3.63, 3.8) is 0 Å². The van der Waals surface area contributed by atoms with E-state index in [2.05, 4.69) is 274 Å². The summed E-state index contributed by atoms with van der Waals surface area (Å²) in [6, 6.07) is 64.0. The average Bonchev–Trinajstić information content (AvgIpc) is 3.82. The van der Waals surface area contributed by atoms with Crippen LogP contribution in [0.5, 0.6) is 0 Å². The minimum atomic E-state index is 0.0741. The highest BCUT2D eigenvalue weighted by atomic mass is 15.0. The van der Waals surface area contributed by atoms with Crippen LogP contribution in [0.15, 0.2) is 170 Å². The summed E-state index contributed by atoms with van der Waals surface area (Å²) in [6.45, 7) is 27.6. The second-order valence-corrected chi connectivity index (χ2v) is 23.3. The van der Waals surface area contributed by atoms with Gasteiger partial charge in [0, 0.05) is 32.9 Å². The molecule has 0 aliphatic rings. The zero-order valence-electron chi connectivity index (χ0n) is 42.2. The summed E-state index contributed by atoms with van der Waals surface area (Å²) in [7, 11) is 0. The highest BCUT2D eigenvalue weighted by molar-refractivity contribution is 6.11.